The molecule has 2 aliphatic rings. The molecule has 0 unspecified atom stereocenters. The Balaban J connectivity index is 1.68. The number of hydrogen-bond acceptors (Lipinski definition) is 5. The molecule has 0 aromatic carbocycles. The molecular weight excluding hydrogens is 491 g/mol. The van der Waals surface area contributed by atoms with Gasteiger partial charge in [-0.25, -0.2) is 14.3 Å². The van der Waals surface area contributed by atoms with Crippen LogP contribution in [-0.4, -0.2) is 45.1 Å². The van der Waals surface area contributed by atoms with E-state index in [2.05, 4.69) is 50.5 Å². The molecule has 1 saturated carbocycles. The van der Waals surface area contributed by atoms with E-state index in [1.54, 1.807) is 15.5 Å². The van der Waals surface area contributed by atoms with Gasteiger partial charge in [-0.3, -0.25) is 8.96 Å². The summed E-state index contributed by atoms with van der Waals surface area (Å²) >= 11 is 4.12. The Kier molecular flexibility index (Phi) is 6.30. The molecule has 144 valence electrons. The molecule has 1 aliphatic heterocycles. The summed E-state index contributed by atoms with van der Waals surface area (Å²) in [5.41, 5.74) is 9.29. The van der Waals surface area contributed by atoms with Crippen LogP contribution in [0, 0.1) is 12.8 Å². The molecule has 1 saturated heterocycles. The fourth-order valence-electron chi connectivity index (χ4n) is 3.25. The Bertz CT molecular complexity index is 884. The maximum absolute atomic E-state index is 6.35. The summed E-state index contributed by atoms with van der Waals surface area (Å²) in [6.45, 7) is 5.17. The van der Waals surface area contributed by atoms with Gasteiger partial charge in [-0.2, -0.15) is 0 Å². The van der Waals surface area contributed by atoms with Crippen LogP contribution in [0.25, 0.3) is 11.0 Å². The van der Waals surface area contributed by atoms with Crippen molar-refractivity contribution in [3.8, 4) is 0 Å². The number of aliphatic imine (C=N–C) groups is 2. The number of rotatable bonds is 7. The minimum atomic E-state index is 0.507. The molecule has 9 heteroatoms. The third-order valence-electron chi connectivity index (χ3n) is 4.90. The highest BCUT2D eigenvalue weighted by Gasteiger charge is 2.21. The number of pyridine rings is 1. The van der Waals surface area contributed by atoms with Crippen molar-refractivity contribution in [2.75, 3.05) is 19.6 Å². The van der Waals surface area contributed by atoms with Gasteiger partial charge < -0.3 is 5.73 Å². The zero-order valence-corrected chi connectivity index (χ0v) is 19.1. The molecule has 4 rings (SSSR count). The second-order valence-electron chi connectivity index (χ2n) is 7.07. The summed E-state index contributed by atoms with van der Waals surface area (Å²) in [5, 5.41) is 2.23. The lowest BCUT2D eigenvalue weighted by atomic mass is 10.1. The third-order valence-corrected chi connectivity index (χ3v) is 7.81. The van der Waals surface area contributed by atoms with Gasteiger partial charge in [0, 0.05) is 67.1 Å². The summed E-state index contributed by atoms with van der Waals surface area (Å²) < 4.78 is 4.60. The van der Waals surface area contributed by atoms with Crippen LogP contribution in [0.3, 0.4) is 0 Å². The third kappa shape index (κ3) is 4.46. The molecule has 2 aromatic rings. The Hall–Kier alpha value is -0.780. The average molecular weight is 514 g/mol. The molecule has 0 spiro atoms. The van der Waals surface area contributed by atoms with Gasteiger partial charge in [-0.15, -0.1) is 0 Å². The van der Waals surface area contributed by atoms with E-state index in [4.69, 9.17) is 5.73 Å². The largest absolute Gasteiger partial charge is 0.383 e. The number of aryl methyl sites for hydroxylation is 1. The van der Waals surface area contributed by atoms with Crippen molar-refractivity contribution in [3.63, 3.8) is 0 Å². The number of halogens is 1. The number of aromatic nitrogens is 2. The molecule has 2 aromatic heterocycles. The molecule has 2 fully saturated rings. The lowest BCUT2D eigenvalue weighted by molar-refractivity contribution is 0.585. The number of nitrogens with zero attached hydrogens (tertiary/aromatic N) is 5. The zero-order valence-electron chi connectivity index (χ0n) is 15.3. The predicted octanol–water partition coefficient (Wildman–Crippen LogP) is 4.44. The van der Waals surface area contributed by atoms with Crippen LogP contribution in [0.15, 0.2) is 27.3 Å². The normalized spacial score (nSPS) is 19.0. The summed E-state index contributed by atoms with van der Waals surface area (Å²) in [6, 6.07) is 2.20. The first kappa shape index (κ1) is 19.5. The first-order valence-corrected chi connectivity index (χ1v) is 13.3. The summed E-state index contributed by atoms with van der Waals surface area (Å²) in [7, 11) is 1.64. The molecule has 1 aliphatic carbocycles. The van der Waals surface area contributed by atoms with E-state index in [1.807, 2.05) is 25.1 Å². The second-order valence-corrected chi connectivity index (χ2v) is 9.87. The molecule has 0 amide bonds. The monoisotopic (exact) mass is 514 g/mol. The van der Waals surface area contributed by atoms with Crippen molar-refractivity contribution in [2.24, 2.45) is 21.6 Å². The highest BCUT2D eigenvalue weighted by Crippen LogP contribution is 2.37. The first-order chi connectivity index (χ1) is 13.2. The quantitative estimate of drug-likeness (QED) is 0.256. The Labute approximate surface area is 180 Å². The van der Waals surface area contributed by atoms with Crippen LogP contribution in [0.4, 0.5) is 0 Å². The second kappa shape index (κ2) is 8.71. The average Bonchev–Trinajstić information content (AvgIpc) is 3.21. The minimum Gasteiger partial charge on any atom is -0.383 e. The fraction of sp³-hybridized carbons (Fsp3) is 0.500. The van der Waals surface area contributed by atoms with Crippen LogP contribution in [0.2, 0.25) is 0 Å². The Morgan fingerprint density at radius 2 is 2.19 bits per heavy atom. The Morgan fingerprint density at radius 1 is 1.41 bits per heavy atom. The fourth-order valence-corrected chi connectivity index (χ4v) is 6.42. The van der Waals surface area contributed by atoms with Gasteiger partial charge in [0.05, 0.1) is 0 Å². The van der Waals surface area contributed by atoms with Crippen LogP contribution >= 0.6 is 42.3 Å². The van der Waals surface area contributed by atoms with Crippen molar-refractivity contribution in [2.45, 2.75) is 37.6 Å². The predicted molar refractivity (Wildman–Crippen MR) is 125 cm³/mol. The molecular formula is C18H23IN6S2. The van der Waals surface area contributed by atoms with Gasteiger partial charge in [-0.05, 0) is 62.1 Å². The summed E-state index contributed by atoms with van der Waals surface area (Å²) in [6.07, 6.45) is 8.62. The zero-order chi connectivity index (χ0) is 18.8. The molecule has 0 atom stereocenters. The van der Waals surface area contributed by atoms with Crippen LogP contribution in [0.5, 0.6) is 0 Å². The van der Waals surface area contributed by atoms with Gasteiger partial charge in [0.25, 0.3) is 0 Å². The number of fused-ring (bicyclic) bond motifs is 1. The van der Waals surface area contributed by atoms with E-state index in [9.17, 15) is 0 Å². The van der Waals surface area contributed by atoms with Crippen molar-refractivity contribution >= 4 is 65.5 Å². The van der Waals surface area contributed by atoms with Crippen molar-refractivity contribution in [1.29, 1.82) is 0 Å². The highest BCUT2D eigenvalue weighted by molar-refractivity contribution is 14.2. The topological polar surface area (TPSA) is 71.8 Å². The van der Waals surface area contributed by atoms with E-state index in [0.717, 1.165) is 47.7 Å². The van der Waals surface area contributed by atoms with Crippen LogP contribution in [0.1, 0.15) is 36.8 Å². The number of nitrogens with two attached hydrogens (primary N) is 1. The van der Waals surface area contributed by atoms with Crippen molar-refractivity contribution < 1.29 is 0 Å². The molecule has 0 radical (unpaired) electrons. The minimum absolute atomic E-state index is 0.507. The maximum Gasteiger partial charge on any atom is 0.152 e. The van der Waals surface area contributed by atoms with E-state index in [1.165, 1.54) is 30.7 Å². The first-order valence-electron chi connectivity index (χ1n) is 9.22. The van der Waals surface area contributed by atoms with Gasteiger partial charge >= 0.3 is 0 Å². The Morgan fingerprint density at radius 3 is 2.89 bits per heavy atom. The molecule has 27 heavy (non-hydrogen) atoms. The lowest BCUT2D eigenvalue weighted by Gasteiger charge is -2.13. The standard InChI is InChI=1S/C18H23IN6S2/c1-12-9-22-18-14(16(12)17(20)23-11-21-10-13-4-5-13)8-15(25(18)27-19)26-24-6-2-3-7-24/h8-9,11,13H,2-7,10H2,1H3,(H2,20,21,23). The van der Waals surface area contributed by atoms with E-state index in [-0.39, 0.29) is 0 Å². The van der Waals surface area contributed by atoms with Crippen LogP contribution in [-0.2, 0) is 0 Å². The van der Waals surface area contributed by atoms with E-state index < -0.39 is 0 Å². The smallest absolute Gasteiger partial charge is 0.152 e. The van der Waals surface area contributed by atoms with Crippen molar-refractivity contribution in [3.05, 3.63) is 23.4 Å². The maximum atomic E-state index is 6.35. The number of hydrogen-bond donors (Lipinski definition) is 1. The van der Waals surface area contributed by atoms with Gasteiger partial charge in [0.2, 0.25) is 0 Å². The van der Waals surface area contributed by atoms with Crippen molar-refractivity contribution in [1.82, 2.24) is 13.3 Å². The van der Waals surface area contributed by atoms with E-state index in [0.29, 0.717) is 5.84 Å². The number of amidine groups is 1. The molecule has 3 heterocycles. The molecule has 6 nitrogen and oxygen atoms in total. The van der Waals surface area contributed by atoms with Gasteiger partial charge in [0.15, 0.2) is 5.65 Å². The molecule has 2 N–H and O–H groups in total. The van der Waals surface area contributed by atoms with Gasteiger partial charge in [-0.1, -0.05) is 0 Å². The van der Waals surface area contributed by atoms with E-state index >= 15 is 0 Å². The SMILES string of the molecule is Cc1cnc2c(cc(SN3CCCC3)n2SI)c1C(N)=NC=NCC1CC1. The summed E-state index contributed by atoms with van der Waals surface area (Å²) in [4.78, 5) is 13.5. The summed E-state index contributed by atoms with van der Waals surface area (Å²) in [5.74, 6) is 1.26. The molecule has 0 bridgehead atoms. The lowest BCUT2D eigenvalue weighted by Crippen LogP contribution is -2.16. The van der Waals surface area contributed by atoms with Crippen LogP contribution < -0.4 is 5.73 Å². The van der Waals surface area contributed by atoms with Gasteiger partial charge in [0.1, 0.15) is 17.2 Å². The highest BCUT2D eigenvalue weighted by atomic mass is 127.